The highest BCUT2D eigenvalue weighted by Crippen LogP contribution is 1.95. The topological polar surface area (TPSA) is 61.5 Å². The van der Waals surface area contributed by atoms with E-state index >= 15 is 0 Å². The predicted molar refractivity (Wildman–Crippen MR) is 36.5 cm³/mol. The molecule has 0 radical (unpaired) electrons. The Morgan fingerprint density at radius 1 is 1.60 bits per heavy atom. The number of methoxy groups -OCH3 is 2. The number of hydrogen-bond acceptors (Lipinski definition) is 4. The van der Waals surface area contributed by atoms with Crippen LogP contribution in [0.25, 0.3) is 0 Å². The third kappa shape index (κ3) is 3.42. The van der Waals surface area contributed by atoms with Gasteiger partial charge in [0.2, 0.25) is 0 Å². The lowest BCUT2D eigenvalue weighted by Gasteiger charge is -2.09. The van der Waals surface area contributed by atoms with Gasteiger partial charge in [-0.3, -0.25) is 4.79 Å². The largest absolute Gasteiger partial charge is 0.469 e. The molecule has 0 bridgehead atoms. The van der Waals surface area contributed by atoms with Crippen molar-refractivity contribution >= 4 is 5.97 Å². The molecule has 0 fully saturated rings. The van der Waals surface area contributed by atoms with E-state index in [1.807, 2.05) is 0 Å². The number of nitrogens with two attached hydrogens (primary N) is 1. The number of esters is 1. The minimum Gasteiger partial charge on any atom is -0.469 e. The van der Waals surface area contributed by atoms with E-state index in [0.29, 0.717) is 6.54 Å². The summed E-state index contributed by atoms with van der Waals surface area (Å²) in [6, 6.07) is 0. The van der Waals surface area contributed by atoms with Crippen molar-refractivity contribution in [1.82, 2.24) is 0 Å². The lowest BCUT2D eigenvalue weighted by Crippen LogP contribution is -2.25. The van der Waals surface area contributed by atoms with Gasteiger partial charge in [0.15, 0.2) is 0 Å². The molecule has 0 aliphatic heterocycles. The van der Waals surface area contributed by atoms with Gasteiger partial charge in [0.1, 0.15) is 0 Å². The molecule has 1 atom stereocenters. The quantitative estimate of drug-likeness (QED) is 0.546. The molecule has 60 valence electrons. The molecule has 0 aromatic rings. The molecule has 2 N–H and O–H groups in total. The van der Waals surface area contributed by atoms with Crippen molar-refractivity contribution in [1.29, 1.82) is 0 Å². The van der Waals surface area contributed by atoms with Gasteiger partial charge in [-0.1, -0.05) is 0 Å². The van der Waals surface area contributed by atoms with Crippen LogP contribution >= 0.6 is 0 Å². The molecule has 0 rings (SSSR count). The molecular weight excluding hydrogens is 134 g/mol. The van der Waals surface area contributed by atoms with Crippen LogP contribution in [0.2, 0.25) is 0 Å². The first-order valence-electron chi connectivity index (χ1n) is 3.04. The van der Waals surface area contributed by atoms with E-state index in [4.69, 9.17) is 10.5 Å². The first kappa shape index (κ1) is 9.39. The summed E-state index contributed by atoms with van der Waals surface area (Å²) >= 11 is 0. The second-order valence-electron chi connectivity index (χ2n) is 1.87. The highest BCUT2D eigenvalue weighted by atomic mass is 16.5. The van der Waals surface area contributed by atoms with Crippen LogP contribution in [0.3, 0.4) is 0 Å². The van der Waals surface area contributed by atoms with E-state index in [-0.39, 0.29) is 18.5 Å². The van der Waals surface area contributed by atoms with Gasteiger partial charge in [-0.15, -0.1) is 0 Å². The van der Waals surface area contributed by atoms with Crippen molar-refractivity contribution in [2.75, 3.05) is 20.8 Å². The van der Waals surface area contributed by atoms with E-state index in [1.54, 1.807) is 0 Å². The number of ether oxygens (including phenoxy) is 2. The van der Waals surface area contributed by atoms with E-state index in [1.165, 1.54) is 14.2 Å². The van der Waals surface area contributed by atoms with Gasteiger partial charge < -0.3 is 15.2 Å². The highest BCUT2D eigenvalue weighted by Gasteiger charge is 2.10. The third-order valence-corrected chi connectivity index (χ3v) is 1.22. The fourth-order valence-electron chi connectivity index (χ4n) is 0.532. The number of hydrogen-bond donors (Lipinski definition) is 1. The Kier molecular flexibility index (Phi) is 4.88. The van der Waals surface area contributed by atoms with Crippen LogP contribution in [0.1, 0.15) is 6.42 Å². The highest BCUT2D eigenvalue weighted by molar-refractivity contribution is 5.69. The zero-order chi connectivity index (χ0) is 7.98. The maximum Gasteiger partial charge on any atom is 0.308 e. The normalized spacial score (nSPS) is 12.7. The van der Waals surface area contributed by atoms with Crippen molar-refractivity contribution in [3.8, 4) is 0 Å². The summed E-state index contributed by atoms with van der Waals surface area (Å²) in [6.07, 6.45) is 0.0104. The Bertz CT molecular complexity index is 101. The maximum absolute atomic E-state index is 10.6. The molecular formula is C6H13NO3. The van der Waals surface area contributed by atoms with Crippen LogP contribution in [-0.4, -0.2) is 32.8 Å². The van der Waals surface area contributed by atoms with Gasteiger partial charge in [-0.25, -0.2) is 0 Å². The smallest absolute Gasteiger partial charge is 0.308 e. The minimum absolute atomic E-state index is 0.215. The van der Waals surface area contributed by atoms with Crippen LogP contribution in [0.15, 0.2) is 0 Å². The van der Waals surface area contributed by atoms with Crippen LogP contribution in [0.4, 0.5) is 0 Å². The molecule has 0 aromatic heterocycles. The summed E-state index contributed by atoms with van der Waals surface area (Å²) in [7, 11) is 2.85. The summed E-state index contributed by atoms with van der Waals surface area (Å²) in [5.41, 5.74) is 5.25. The Morgan fingerprint density at radius 3 is 2.50 bits per heavy atom. The Morgan fingerprint density at radius 2 is 2.20 bits per heavy atom. The summed E-state index contributed by atoms with van der Waals surface area (Å²) in [4.78, 5) is 10.6. The van der Waals surface area contributed by atoms with Crippen molar-refractivity contribution in [2.45, 2.75) is 12.5 Å². The molecule has 0 aliphatic carbocycles. The molecule has 4 nitrogen and oxygen atoms in total. The second-order valence-corrected chi connectivity index (χ2v) is 1.87. The van der Waals surface area contributed by atoms with Crippen molar-refractivity contribution in [3.05, 3.63) is 0 Å². The van der Waals surface area contributed by atoms with Crippen molar-refractivity contribution in [2.24, 2.45) is 5.73 Å². The van der Waals surface area contributed by atoms with Gasteiger partial charge in [0.05, 0.1) is 19.6 Å². The lowest BCUT2D eigenvalue weighted by molar-refractivity contribution is -0.143. The second kappa shape index (κ2) is 5.20. The average molecular weight is 147 g/mol. The predicted octanol–water partition coefficient (Wildman–Crippen LogP) is -0.477. The fourth-order valence-corrected chi connectivity index (χ4v) is 0.532. The lowest BCUT2D eigenvalue weighted by atomic mass is 10.2. The molecule has 0 saturated heterocycles. The molecule has 0 aromatic carbocycles. The van der Waals surface area contributed by atoms with E-state index in [9.17, 15) is 4.79 Å². The Balaban J connectivity index is 3.52. The van der Waals surface area contributed by atoms with Crippen molar-refractivity contribution < 1.29 is 14.3 Å². The molecule has 1 unspecified atom stereocenters. The SMILES string of the molecule is COC(=O)CC(CN)OC. The Hall–Kier alpha value is -0.610. The standard InChI is InChI=1S/C6H13NO3/c1-9-5(4-7)3-6(8)10-2/h5H,3-4,7H2,1-2H3. The van der Waals surface area contributed by atoms with E-state index in [2.05, 4.69) is 4.74 Å². The molecule has 0 spiro atoms. The van der Waals surface area contributed by atoms with Crippen LogP contribution in [0, 0.1) is 0 Å². The van der Waals surface area contributed by atoms with Gasteiger partial charge in [-0.2, -0.15) is 0 Å². The zero-order valence-electron chi connectivity index (χ0n) is 6.29. The summed E-state index contributed by atoms with van der Waals surface area (Å²) in [6.45, 7) is 0.339. The number of rotatable bonds is 4. The zero-order valence-corrected chi connectivity index (χ0v) is 6.29. The van der Waals surface area contributed by atoms with E-state index < -0.39 is 0 Å². The third-order valence-electron chi connectivity index (χ3n) is 1.22. The molecule has 0 heterocycles. The first-order valence-corrected chi connectivity index (χ1v) is 3.04. The van der Waals surface area contributed by atoms with E-state index in [0.717, 1.165) is 0 Å². The number of carbonyl (C=O) groups excluding carboxylic acids is 1. The van der Waals surface area contributed by atoms with Gasteiger partial charge in [0, 0.05) is 13.7 Å². The number of carbonyl (C=O) groups is 1. The van der Waals surface area contributed by atoms with Gasteiger partial charge in [-0.05, 0) is 0 Å². The van der Waals surface area contributed by atoms with Gasteiger partial charge >= 0.3 is 5.97 Å². The summed E-state index contributed by atoms with van der Waals surface area (Å²) in [5, 5.41) is 0. The fraction of sp³-hybridized carbons (Fsp3) is 0.833. The molecule has 0 aliphatic rings. The monoisotopic (exact) mass is 147 g/mol. The molecule has 0 amide bonds. The summed E-state index contributed by atoms with van der Waals surface area (Å²) in [5.74, 6) is -0.294. The molecule has 10 heavy (non-hydrogen) atoms. The minimum atomic E-state index is -0.294. The first-order chi connectivity index (χ1) is 4.74. The van der Waals surface area contributed by atoms with Crippen LogP contribution < -0.4 is 5.73 Å². The average Bonchev–Trinajstić information content (AvgIpc) is 1.99. The summed E-state index contributed by atoms with van der Waals surface area (Å²) < 4.78 is 9.26. The maximum atomic E-state index is 10.6. The van der Waals surface area contributed by atoms with Gasteiger partial charge in [0.25, 0.3) is 0 Å². The van der Waals surface area contributed by atoms with Crippen LogP contribution in [0.5, 0.6) is 0 Å². The Labute approximate surface area is 60.3 Å². The van der Waals surface area contributed by atoms with Crippen LogP contribution in [-0.2, 0) is 14.3 Å². The molecule has 0 saturated carbocycles. The molecule has 4 heteroatoms. The van der Waals surface area contributed by atoms with Crippen molar-refractivity contribution in [3.63, 3.8) is 0 Å².